The molecule has 0 fully saturated rings. The first-order valence-corrected chi connectivity index (χ1v) is 24.7. The van der Waals surface area contributed by atoms with Crippen molar-refractivity contribution >= 4 is 30.1 Å². The summed E-state index contributed by atoms with van der Waals surface area (Å²) in [7, 11) is 0. The SMILES string of the molecule is CCCC/C=C/c1cc(/C=C(/CCC)C(C)CCCc2cc(CCC(CC)CCCCCc3cc(CCCCC)cc(C(C)(C)C(=O)O)c3)cc(CC(=O)O)c2F)cc(CC(=O)O)c1. The molecule has 3 rings (SSSR count). The van der Waals surface area contributed by atoms with E-state index in [-0.39, 0.29) is 24.3 Å². The summed E-state index contributed by atoms with van der Waals surface area (Å²) >= 11 is 0. The van der Waals surface area contributed by atoms with Crippen LogP contribution in [0.2, 0.25) is 0 Å². The van der Waals surface area contributed by atoms with E-state index in [1.165, 1.54) is 23.1 Å². The standard InChI is InChI=1S/C57H81FO6/c1-8-12-14-17-25-43-31-47(33-48(32-43)39-53(59)60)36-49(21-10-3)41(5)22-20-27-50-34-46(35-51(55(50)58)40-54(61)62)29-28-42(11-4)23-18-15-19-26-45-30-44(24-16-13-9-2)37-52(38-45)57(6,7)56(63)64/h17,25,30-38,41-42H,8-16,18-24,26-29,39-40H2,1-7H3,(H,59,60)(H,61,62)(H,63,64)/b25-17+,49-36-. The van der Waals surface area contributed by atoms with Crippen molar-refractivity contribution in [1.29, 1.82) is 0 Å². The summed E-state index contributed by atoms with van der Waals surface area (Å²) < 4.78 is 15.9. The number of hydrogen-bond donors (Lipinski definition) is 3. The van der Waals surface area contributed by atoms with Crippen LogP contribution in [-0.2, 0) is 58.3 Å². The van der Waals surface area contributed by atoms with Gasteiger partial charge in [0, 0.05) is 0 Å². The van der Waals surface area contributed by atoms with E-state index in [1.54, 1.807) is 19.9 Å². The lowest BCUT2D eigenvalue weighted by atomic mass is 9.82. The molecule has 2 atom stereocenters. The maximum absolute atomic E-state index is 15.9. The summed E-state index contributed by atoms with van der Waals surface area (Å²) in [6, 6.07) is 16.3. The Balaban J connectivity index is 1.66. The van der Waals surface area contributed by atoms with Crippen LogP contribution in [-0.4, -0.2) is 33.2 Å². The molecule has 352 valence electrons. The molecule has 64 heavy (non-hydrogen) atoms. The Morgan fingerprint density at radius 3 is 1.89 bits per heavy atom. The lowest BCUT2D eigenvalue weighted by molar-refractivity contribution is -0.142. The van der Waals surface area contributed by atoms with Gasteiger partial charge in [-0.1, -0.05) is 159 Å². The van der Waals surface area contributed by atoms with Crippen molar-refractivity contribution in [2.45, 2.75) is 195 Å². The van der Waals surface area contributed by atoms with E-state index in [0.29, 0.717) is 17.9 Å². The maximum atomic E-state index is 15.9. The van der Waals surface area contributed by atoms with E-state index in [2.05, 4.69) is 77.1 Å². The van der Waals surface area contributed by atoms with Crippen LogP contribution in [0.3, 0.4) is 0 Å². The number of hydrogen-bond acceptors (Lipinski definition) is 3. The van der Waals surface area contributed by atoms with Crippen LogP contribution in [0.25, 0.3) is 12.2 Å². The number of aliphatic carboxylic acids is 3. The van der Waals surface area contributed by atoms with Crippen molar-refractivity contribution in [3.63, 3.8) is 0 Å². The molecule has 0 spiro atoms. The lowest BCUT2D eigenvalue weighted by Crippen LogP contribution is -2.28. The topological polar surface area (TPSA) is 112 Å². The summed E-state index contributed by atoms with van der Waals surface area (Å²) in [6.07, 6.45) is 25.9. The third-order valence-electron chi connectivity index (χ3n) is 13.0. The second kappa shape index (κ2) is 28.4. The van der Waals surface area contributed by atoms with Crippen LogP contribution in [0, 0.1) is 17.7 Å². The second-order valence-electron chi connectivity index (χ2n) is 19.0. The minimum absolute atomic E-state index is 0.0294. The van der Waals surface area contributed by atoms with Crippen molar-refractivity contribution in [2.24, 2.45) is 11.8 Å². The van der Waals surface area contributed by atoms with Crippen molar-refractivity contribution in [3.8, 4) is 0 Å². The molecule has 0 bridgehead atoms. The minimum Gasteiger partial charge on any atom is -0.481 e. The van der Waals surface area contributed by atoms with E-state index in [9.17, 15) is 29.7 Å². The van der Waals surface area contributed by atoms with Gasteiger partial charge in [-0.3, -0.25) is 14.4 Å². The van der Waals surface area contributed by atoms with Crippen LogP contribution >= 0.6 is 0 Å². The van der Waals surface area contributed by atoms with Crippen LogP contribution in [0.4, 0.5) is 4.39 Å². The van der Waals surface area contributed by atoms with Crippen molar-refractivity contribution in [3.05, 3.63) is 116 Å². The summed E-state index contributed by atoms with van der Waals surface area (Å²) in [5.74, 6) is -2.33. The molecule has 6 nitrogen and oxygen atoms in total. The van der Waals surface area contributed by atoms with Crippen LogP contribution in [0.1, 0.15) is 201 Å². The Labute approximate surface area is 385 Å². The monoisotopic (exact) mass is 881 g/mol. The van der Waals surface area contributed by atoms with E-state index >= 15 is 4.39 Å². The first kappa shape index (κ1) is 53.8. The third kappa shape index (κ3) is 18.9. The van der Waals surface area contributed by atoms with Gasteiger partial charge in [0.1, 0.15) is 5.82 Å². The average Bonchev–Trinajstić information content (AvgIpc) is 3.24. The summed E-state index contributed by atoms with van der Waals surface area (Å²) in [5.41, 5.74) is 8.36. The van der Waals surface area contributed by atoms with Crippen LogP contribution in [0.5, 0.6) is 0 Å². The first-order chi connectivity index (χ1) is 30.6. The molecule has 0 aliphatic carbocycles. The van der Waals surface area contributed by atoms with Gasteiger partial charge in [-0.25, -0.2) is 4.39 Å². The Morgan fingerprint density at radius 2 is 1.27 bits per heavy atom. The molecule has 0 saturated carbocycles. The predicted molar refractivity (Wildman–Crippen MR) is 264 cm³/mol. The molecular formula is C57H81FO6. The number of carbonyl (C=O) groups is 3. The second-order valence-corrected chi connectivity index (χ2v) is 19.0. The molecule has 0 amide bonds. The van der Waals surface area contributed by atoms with E-state index in [0.717, 1.165) is 143 Å². The quantitative estimate of drug-likeness (QED) is 0.0539. The number of carboxylic acid groups (broad SMARTS) is 3. The maximum Gasteiger partial charge on any atom is 0.313 e. The smallest absolute Gasteiger partial charge is 0.313 e. The summed E-state index contributed by atoms with van der Waals surface area (Å²) in [6.45, 7) is 14.5. The summed E-state index contributed by atoms with van der Waals surface area (Å²) in [4.78, 5) is 35.5. The first-order valence-electron chi connectivity index (χ1n) is 24.7. The number of carboxylic acids is 3. The van der Waals surface area contributed by atoms with E-state index in [4.69, 9.17) is 0 Å². The highest BCUT2D eigenvalue weighted by atomic mass is 19.1. The van der Waals surface area contributed by atoms with Gasteiger partial charge in [-0.05, 0) is 152 Å². The number of halogens is 1. The largest absolute Gasteiger partial charge is 0.481 e. The fourth-order valence-corrected chi connectivity index (χ4v) is 8.91. The van der Waals surface area contributed by atoms with Crippen molar-refractivity contribution < 1.29 is 34.1 Å². The molecular weight excluding hydrogens is 800 g/mol. The Hall–Kier alpha value is -4.52. The molecule has 7 heteroatoms. The molecule has 0 aliphatic rings. The molecule has 3 aromatic carbocycles. The van der Waals surface area contributed by atoms with Gasteiger partial charge in [-0.2, -0.15) is 0 Å². The Bertz CT molecular complexity index is 1990. The number of allylic oxidation sites excluding steroid dienone is 2. The Morgan fingerprint density at radius 1 is 0.625 bits per heavy atom. The number of benzene rings is 3. The number of aryl methyl sites for hydroxylation is 4. The zero-order valence-corrected chi connectivity index (χ0v) is 40.5. The fourth-order valence-electron chi connectivity index (χ4n) is 8.91. The average molecular weight is 881 g/mol. The number of rotatable bonds is 32. The van der Waals surface area contributed by atoms with Gasteiger partial charge in [0.2, 0.25) is 0 Å². The minimum atomic E-state index is -1.03. The van der Waals surface area contributed by atoms with Crippen LogP contribution < -0.4 is 0 Å². The zero-order valence-electron chi connectivity index (χ0n) is 40.5. The summed E-state index contributed by atoms with van der Waals surface area (Å²) in [5, 5.41) is 29.1. The molecule has 0 radical (unpaired) electrons. The van der Waals surface area contributed by atoms with Gasteiger partial charge in [0.05, 0.1) is 18.3 Å². The van der Waals surface area contributed by atoms with Gasteiger partial charge < -0.3 is 15.3 Å². The third-order valence-corrected chi connectivity index (χ3v) is 13.0. The zero-order chi connectivity index (χ0) is 47.1. The van der Waals surface area contributed by atoms with E-state index < -0.39 is 29.1 Å². The van der Waals surface area contributed by atoms with Gasteiger partial charge in [-0.15, -0.1) is 0 Å². The van der Waals surface area contributed by atoms with Crippen molar-refractivity contribution in [2.75, 3.05) is 0 Å². The van der Waals surface area contributed by atoms with Gasteiger partial charge >= 0.3 is 17.9 Å². The molecule has 0 saturated heterocycles. The Kier molecular flexibility index (Phi) is 23.9. The highest BCUT2D eigenvalue weighted by Crippen LogP contribution is 2.30. The molecule has 3 aromatic rings. The molecule has 0 aromatic heterocycles. The van der Waals surface area contributed by atoms with Gasteiger partial charge in [0.15, 0.2) is 0 Å². The highest BCUT2D eigenvalue weighted by molar-refractivity contribution is 5.80. The number of unbranched alkanes of at least 4 members (excludes halogenated alkanes) is 6. The molecule has 0 heterocycles. The van der Waals surface area contributed by atoms with Crippen molar-refractivity contribution in [1.82, 2.24) is 0 Å². The van der Waals surface area contributed by atoms with Gasteiger partial charge in [0.25, 0.3) is 0 Å². The molecule has 3 N–H and O–H groups in total. The van der Waals surface area contributed by atoms with Crippen LogP contribution in [0.15, 0.2) is 60.2 Å². The predicted octanol–water partition coefficient (Wildman–Crippen LogP) is 15.0. The molecule has 0 aliphatic heterocycles. The molecule has 2 unspecified atom stereocenters. The van der Waals surface area contributed by atoms with E-state index in [1.807, 2.05) is 18.2 Å². The highest BCUT2D eigenvalue weighted by Gasteiger charge is 2.30. The lowest BCUT2D eigenvalue weighted by Gasteiger charge is -2.22. The normalized spacial score (nSPS) is 13.1. The fraction of sp³-hybridized carbons (Fsp3) is 0.561.